The highest BCUT2D eigenvalue weighted by Crippen LogP contribution is 2.20. The minimum atomic E-state index is -0.138. The standard InChI is InChI=1S/C14H19NOS2/c1-4-15(5-2)14(17)18-11(3)13(16)12-9-7-6-8-10-12/h6-11H,4-5H2,1-3H3. The van der Waals surface area contributed by atoms with Gasteiger partial charge in [0.15, 0.2) is 5.78 Å². The van der Waals surface area contributed by atoms with Gasteiger partial charge in [-0.25, -0.2) is 0 Å². The van der Waals surface area contributed by atoms with Gasteiger partial charge in [-0.3, -0.25) is 4.79 Å². The zero-order chi connectivity index (χ0) is 13.5. The first-order chi connectivity index (χ1) is 8.60. The Bertz CT molecular complexity index is 402. The fourth-order valence-electron chi connectivity index (χ4n) is 1.60. The molecule has 98 valence electrons. The molecular weight excluding hydrogens is 262 g/mol. The van der Waals surface area contributed by atoms with Crippen LogP contribution in [0.1, 0.15) is 31.1 Å². The van der Waals surface area contributed by atoms with E-state index in [0.29, 0.717) is 0 Å². The van der Waals surface area contributed by atoms with E-state index in [0.717, 1.165) is 23.0 Å². The minimum Gasteiger partial charge on any atom is -0.358 e. The van der Waals surface area contributed by atoms with Gasteiger partial charge in [0.2, 0.25) is 0 Å². The van der Waals surface area contributed by atoms with Crippen molar-refractivity contribution in [1.29, 1.82) is 0 Å². The fourth-order valence-corrected chi connectivity index (χ4v) is 3.24. The molecule has 0 aliphatic heterocycles. The van der Waals surface area contributed by atoms with Gasteiger partial charge in [0, 0.05) is 18.7 Å². The molecule has 0 heterocycles. The van der Waals surface area contributed by atoms with Crippen LogP contribution in [0, 0.1) is 0 Å². The van der Waals surface area contributed by atoms with Gasteiger partial charge < -0.3 is 4.90 Å². The third-order valence-electron chi connectivity index (χ3n) is 2.73. The van der Waals surface area contributed by atoms with Crippen LogP contribution in [-0.2, 0) is 0 Å². The van der Waals surface area contributed by atoms with Gasteiger partial charge in [-0.05, 0) is 20.8 Å². The lowest BCUT2D eigenvalue weighted by Gasteiger charge is -2.22. The summed E-state index contributed by atoms with van der Waals surface area (Å²) in [7, 11) is 0. The van der Waals surface area contributed by atoms with Crippen LogP contribution in [0.5, 0.6) is 0 Å². The molecule has 4 heteroatoms. The van der Waals surface area contributed by atoms with Gasteiger partial charge in [-0.1, -0.05) is 54.3 Å². The highest BCUT2D eigenvalue weighted by atomic mass is 32.2. The summed E-state index contributed by atoms with van der Waals surface area (Å²) in [6.45, 7) is 7.82. The molecule has 1 unspecified atom stereocenters. The lowest BCUT2D eigenvalue weighted by atomic mass is 10.1. The first-order valence-corrected chi connectivity index (χ1v) is 7.43. The molecule has 0 saturated carbocycles. The number of ketones is 1. The van der Waals surface area contributed by atoms with Crippen LogP contribution in [0.4, 0.5) is 0 Å². The Labute approximate surface area is 119 Å². The van der Waals surface area contributed by atoms with E-state index >= 15 is 0 Å². The Hall–Kier alpha value is -0.870. The number of nitrogens with zero attached hydrogens (tertiary/aromatic N) is 1. The molecule has 2 nitrogen and oxygen atoms in total. The maximum atomic E-state index is 12.2. The third kappa shape index (κ3) is 4.10. The van der Waals surface area contributed by atoms with E-state index in [2.05, 4.69) is 18.7 Å². The molecule has 0 radical (unpaired) electrons. The Morgan fingerprint density at radius 2 is 1.83 bits per heavy atom. The number of carbonyl (C=O) groups excluding carboxylic acids is 1. The van der Waals surface area contributed by atoms with Crippen LogP contribution in [0.15, 0.2) is 30.3 Å². The molecule has 1 atom stereocenters. The number of benzene rings is 1. The van der Waals surface area contributed by atoms with E-state index in [1.54, 1.807) is 0 Å². The summed E-state index contributed by atoms with van der Waals surface area (Å²) >= 11 is 6.82. The van der Waals surface area contributed by atoms with Crippen molar-refractivity contribution in [2.24, 2.45) is 0 Å². The van der Waals surface area contributed by atoms with Crippen molar-refractivity contribution in [3.63, 3.8) is 0 Å². The summed E-state index contributed by atoms with van der Waals surface area (Å²) in [6, 6.07) is 9.37. The topological polar surface area (TPSA) is 20.3 Å². The summed E-state index contributed by atoms with van der Waals surface area (Å²) in [4.78, 5) is 14.3. The number of thiocarbonyl (C=S) groups is 1. The second-order valence-electron chi connectivity index (χ2n) is 3.93. The Balaban J connectivity index is 2.63. The Morgan fingerprint density at radius 3 is 2.33 bits per heavy atom. The van der Waals surface area contributed by atoms with Crippen LogP contribution in [0.3, 0.4) is 0 Å². The molecule has 1 aromatic carbocycles. The van der Waals surface area contributed by atoms with E-state index in [1.807, 2.05) is 37.3 Å². The van der Waals surface area contributed by atoms with Gasteiger partial charge in [-0.15, -0.1) is 0 Å². The Kier molecular flexibility index (Phi) is 6.36. The quantitative estimate of drug-likeness (QED) is 0.606. The van der Waals surface area contributed by atoms with Crippen LogP contribution in [0.25, 0.3) is 0 Å². The van der Waals surface area contributed by atoms with Crippen molar-refractivity contribution in [1.82, 2.24) is 4.90 Å². The van der Waals surface area contributed by atoms with Gasteiger partial charge >= 0.3 is 0 Å². The lowest BCUT2D eigenvalue weighted by Crippen LogP contribution is -2.29. The van der Waals surface area contributed by atoms with Crippen LogP contribution < -0.4 is 0 Å². The molecule has 0 N–H and O–H groups in total. The van der Waals surface area contributed by atoms with Crippen LogP contribution in [-0.4, -0.2) is 33.3 Å². The molecule has 0 saturated heterocycles. The predicted octanol–water partition coefficient (Wildman–Crippen LogP) is 3.62. The number of thioether (sulfide) groups is 1. The van der Waals surface area contributed by atoms with E-state index in [1.165, 1.54) is 11.8 Å². The van der Waals surface area contributed by atoms with Crippen molar-refractivity contribution in [3.8, 4) is 0 Å². The van der Waals surface area contributed by atoms with E-state index in [4.69, 9.17) is 12.2 Å². The SMILES string of the molecule is CCN(CC)C(=S)SC(C)C(=O)c1ccccc1. The molecule has 1 rings (SSSR count). The van der Waals surface area contributed by atoms with Crippen molar-refractivity contribution >= 4 is 34.1 Å². The normalized spacial score (nSPS) is 11.9. The highest BCUT2D eigenvalue weighted by molar-refractivity contribution is 8.23. The summed E-state index contributed by atoms with van der Waals surface area (Å²) in [5.41, 5.74) is 0.750. The van der Waals surface area contributed by atoms with Crippen molar-refractivity contribution in [2.45, 2.75) is 26.0 Å². The second kappa shape index (κ2) is 7.54. The van der Waals surface area contributed by atoms with Crippen LogP contribution >= 0.6 is 24.0 Å². The first kappa shape index (κ1) is 15.2. The monoisotopic (exact) mass is 281 g/mol. The molecule has 0 aliphatic carbocycles. The first-order valence-electron chi connectivity index (χ1n) is 6.15. The highest BCUT2D eigenvalue weighted by Gasteiger charge is 2.19. The maximum absolute atomic E-state index is 12.2. The van der Waals surface area contributed by atoms with Crippen molar-refractivity contribution in [3.05, 3.63) is 35.9 Å². The summed E-state index contributed by atoms with van der Waals surface area (Å²) in [5, 5.41) is -0.138. The summed E-state index contributed by atoms with van der Waals surface area (Å²) in [6.07, 6.45) is 0. The van der Waals surface area contributed by atoms with E-state index in [-0.39, 0.29) is 11.0 Å². The molecule has 1 aromatic rings. The average molecular weight is 281 g/mol. The molecule has 0 amide bonds. The summed E-state index contributed by atoms with van der Waals surface area (Å²) < 4.78 is 0.803. The molecule has 0 bridgehead atoms. The van der Waals surface area contributed by atoms with Crippen molar-refractivity contribution in [2.75, 3.05) is 13.1 Å². The predicted molar refractivity (Wildman–Crippen MR) is 83.3 cm³/mol. The molecule has 18 heavy (non-hydrogen) atoms. The lowest BCUT2D eigenvalue weighted by molar-refractivity contribution is 0.0994. The second-order valence-corrected chi connectivity index (χ2v) is 5.90. The average Bonchev–Trinajstić information content (AvgIpc) is 2.40. The maximum Gasteiger partial charge on any atom is 0.175 e. The number of hydrogen-bond acceptors (Lipinski definition) is 3. The van der Waals surface area contributed by atoms with Crippen LogP contribution in [0.2, 0.25) is 0 Å². The third-order valence-corrected chi connectivity index (χ3v) is 4.30. The molecular formula is C14H19NOS2. The van der Waals surface area contributed by atoms with Gasteiger partial charge in [0.1, 0.15) is 4.32 Å². The Morgan fingerprint density at radius 1 is 1.28 bits per heavy atom. The molecule has 0 fully saturated rings. The number of hydrogen-bond donors (Lipinski definition) is 0. The van der Waals surface area contributed by atoms with Gasteiger partial charge in [-0.2, -0.15) is 0 Å². The van der Waals surface area contributed by atoms with Gasteiger partial charge in [0.25, 0.3) is 0 Å². The fraction of sp³-hybridized carbons (Fsp3) is 0.429. The zero-order valence-corrected chi connectivity index (χ0v) is 12.7. The van der Waals surface area contributed by atoms with E-state index < -0.39 is 0 Å². The summed E-state index contributed by atoms with van der Waals surface area (Å²) in [5.74, 6) is 0.134. The molecule has 0 aliphatic rings. The van der Waals surface area contributed by atoms with Crippen molar-refractivity contribution < 1.29 is 4.79 Å². The van der Waals surface area contributed by atoms with Gasteiger partial charge in [0.05, 0.1) is 5.25 Å². The largest absolute Gasteiger partial charge is 0.358 e. The number of Topliss-reactive ketones (excluding diaryl/α,β-unsaturated/α-hetero) is 1. The minimum absolute atomic E-state index is 0.134. The molecule has 0 aromatic heterocycles. The number of rotatable bonds is 5. The smallest absolute Gasteiger partial charge is 0.175 e. The molecule has 0 spiro atoms. The number of carbonyl (C=O) groups is 1. The zero-order valence-electron chi connectivity index (χ0n) is 11.1. The van der Waals surface area contributed by atoms with E-state index in [9.17, 15) is 4.79 Å².